The first-order valence-corrected chi connectivity index (χ1v) is 7.69. The van der Waals surface area contributed by atoms with Gasteiger partial charge in [-0.15, -0.1) is 0 Å². The summed E-state index contributed by atoms with van der Waals surface area (Å²) < 4.78 is 11.3. The molecule has 0 radical (unpaired) electrons. The van der Waals surface area contributed by atoms with E-state index in [1.165, 1.54) is 12.8 Å². The van der Waals surface area contributed by atoms with Crippen molar-refractivity contribution in [3.05, 3.63) is 11.7 Å². The average Bonchev–Trinajstić information content (AvgIpc) is 3.15. The lowest BCUT2D eigenvalue weighted by atomic mass is 9.96. The molecule has 3 atom stereocenters. The Hall–Kier alpha value is -0.980. The molecular formula is C14H24N4O2. The standard InChI is InChI=1S/C14H24N4O2/c1-2-18-6-7-19-12(9-18)13-16-14(20-17-13)11-5-3-4-10(11)8-15/h10-12H,2-9,15H2,1H3. The summed E-state index contributed by atoms with van der Waals surface area (Å²) in [5.74, 6) is 2.28. The highest BCUT2D eigenvalue weighted by Crippen LogP contribution is 2.38. The molecule has 3 unspecified atom stereocenters. The van der Waals surface area contributed by atoms with Crippen molar-refractivity contribution in [3.8, 4) is 0 Å². The Morgan fingerprint density at radius 2 is 2.30 bits per heavy atom. The van der Waals surface area contributed by atoms with Crippen LogP contribution in [-0.2, 0) is 4.74 Å². The molecule has 0 spiro atoms. The Balaban J connectivity index is 1.70. The monoisotopic (exact) mass is 280 g/mol. The van der Waals surface area contributed by atoms with Gasteiger partial charge in [0, 0.05) is 19.0 Å². The van der Waals surface area contributed by atoms with Crippen molar-refractivity contribution in [2.45, 2.75) is 38.2 Å². The van der Waals surface area contributed by atoms with E-state index in [2.05, 4.69) is 22.0 Å². The first-order chi connectivity index (χ1) is 9.81. The maximum Gasteiger partial charge on any atom is 0.230 e. The fourth-order valence-corrected chi connectivity index (χ4v) is 3.32. The second kappa shape index (κ2) is 6.20. The number of morpholine rings is 1. The lowest BCUT2D eigenvalue weighted by Gasteiger charge is -2.30. The number of hydrogen-bond donors (Lipinski definition) is 1. The minimum atomic E-state index is -0.0565. The first kappa shape index (κ1) is 14.0. The van der Waals surface area contributed by atoms with Crippen molar-refractivity contribution < 1.29 is 9.26 Å². The molecule has 1 saturated heterocycles. The van der Waals surface area contributed by atoms with Crippen LogP contribution in [0.15, 0.2) is 4.52 Å². The predicted octanol–water partition coefficient (Wildman–Crippen LogP) is 1.31. The second-order valence-electron chi connectivity index (χ2n) is 5.78. The fraction of sp³-hybridized carbons (Fsp3) is 0.857. The van der Waals surface area contributed by atoms with Gasteiger partial charge < -0.3 is 15.0 Å². The summed E-state index contributed by atoms with van der Waals surface area (Å²) >= 11 is 0. The summed E-state index contributed by atoms with van der Waals surface area (Å²) in [6, 6.07) is 0. The minimum Gasteiger partial charge on any atom is -0.367 e. The predicted molar refractivity (Wildman–Crippen MR) is 74.2 cm³/mol. The van der Waals surface area contributed by atoms with Crippen molar-refractivity contribution in [1.82, 2.24) is 15.0 Å². The van der Waals surface area contributed by atoms with Crippen molar-refractivity contribution in [3.63, 3.8) is 0 Å². The molecule has 0 bridgehead atoms. The Labute approximate surface area is 119 Å². The van der Waals surface area contributed by atoms with E-state index in [1.807, 2.05) is 0 Å². The van der Waals surface area contributed by atoms with Crippen LogP contribution in [0.2, 0.25) is 0 Å². The van der Waals surface area contributed by atoms with Crippen molar-refractivity contribution in [1.29, 1.82) is 0 Å². The fourth-order valence-electron chi connectivity index (χ4n) is 3.32. The number of rotatable bonds is 4. The van der Waals surface area contributed by atoms with Crippen molar-refractivity contribution in [2.24, 2.45) is 11.7 Å². The highest BCUT2D eigenvalue weighted by atomic mass is 16.5. The highest BCUT2D eigenvalue weighted by Gasteiger charge is 2.33. The summed E-state index contributed by atoms with van der Waals surface area (Å²) in [7, 11) is 0. The molecule has 2 heterocycles. The third-order valence-electron chi connectivity index (χ3n) is 4.62. The lowest BCUT2D eigenvalue weighted by Crippen LogP contribution is -2.38. The molecule has 1 aromatic rings. The van der Waals surface area contributed by atoms with E-state index in [-0.39, 0.29) is 6.10 Å². The molecule has 1 aliphatic carbocycles. The van der Waals surface area contributed by atoms with Gasteiger partial charge in [-0.1, -0.05) is 18.5 Å². The van der Waals surface area contributed by atoms with Crippen LogP contribution in [0, 0.1) is 5.92 Å². The van der Waals surface area contributed by atoms with Crippen LogP contribution in [0.3, 0.4) is 0 Å². The minimum absolute atomic E-state index is 0.0565. The van der Waals surface area contributed by atoms with Gasteiger partial charge in [0.25, 0.3) is 0 Å². The number of nitrogens with two attached hydrogens (primary N) is 1. The van der Waals surface area contributed by atoms with Gasteiger partial charge in [0.1, 0.15) is 6.10 Å². The maximum atomic E-state index is 5.83. The highest BCUT2D eigenvalue weighted by molar-refractivity contribution is 5.02. The van der Waals surface area contributed by atoms with Crippen LogP contribution < -0.4 is 5.73 Å². The van der Waals surface area contributed by atoms with Crippen LogP contribution in [0.1, 0.15) is 49.9 Å². The summed E-state index contributed by atoms with van der Waals surface area (Å²) in [5, 5.41) is 4.14. The van der Waals surface area contributed by atoms with Gasteiger partial charge in [0.05, 0.1) is 6.61 Å². The summed E-state index contributed by atoms with van der Waals surface area (Å²) in [6.45, 7) is 6.45. The van der Waals surface area contributed by atoms with Gasteiger partial charge in [-0.25, -0.2) is 0 Å². The first-order valence-electron chi connectivity index (χ1n) is 7.69. The van der Waals surface area contributed by atoms with Crippen LogP contribution in [0.4, 0.5) is 0 Å². The van der Waals surface area contributed by atoms with Crippen LogP contribution in [0.5, 0.6) is 0 Å². The number of likely N-dealkylation sites (N-methyl/N-ethyl adjacent to an activating group) is 1. The lowest BCUT2D eigenvalue weighted by molar-refractivity contribution is -0.0334. The van der Waals surface area contributed by atoms with E-state index < -0.39 is 0 Å². The third-order valence-corrected chi connectivity index (χ3v) is 4.62. The van der Waals surface area contributed by atoms with Gasteiger partial charge in [-0.05, 0) is 31.8 Å². The van der Waals surface area contributed by atoms with Crippen LogP contribution in [0.25, 0.3) is 0 Å². The summed E-state index contributed by atoms with van der Waals surface area (Å²) in [6.07, 6.45) is 3.42. The molecule has 2 N–H and O–H groups in total. The zero-order chi connectivity index (χ0) is 13.9. The smallest absolute Gasteiger partial charge is 0.230 e. The molecule has 0 aromatic carbocycles. The van der Waals surface area contributed by atoms with E-state index in [0.717, 1.165) is 38.6 Å². The molecular weight excluding hydrogens is 256 g/mol. The summed E-state index contributed by atoms with van der Waals surface area (Å²) in [5.41, 5.74) is 5.83. The molecule has 112 valence electrons. The zero-order valence-corrected chi connectivity index (χ0v) is 12.1. The zero-order valence-electron chi connectivity index (χ0n) is 12.1. The topological polar surface area (TPSA) is 77.4 Å². The van der Waals surface area contributed by atoms with E-state index in [0.29, 0.717) is 24.2 Å². The van der Waals surface area contributed by atoms with Crippen molar-refractivity contribution in [2.75, 3.05) is 32.8 Å². The quantitative estimate of drug-likeness (QED) is 0.896. The molecule has 3 rings (SSSR count). The van der Waals surface area contributed by atoms with E-state index in [1.54, 1.807) is 0 Å². The van der Waals surface area contributed by atoms with Gasteiger partial charge in [0.2, 0.25) is 11.7 Å². The normalized spacial score (nSPS) is 31.8. The number of aromatic nitrogens is 2. The summed E-state index contributed by atoms with van der Waals surface area (Å²) in [4.78, 5) is 6.95. The number of nitrogens with zero attached hydrogens (tertiary/aromatic N) is 3. The second-order valence-corrected chi connectivity index (χ2v) is 5.78. The SMILES string of the molecule is CCN1CCOC(c2noc(C3CCCC3CN)n2)C1. The van der Waals surface area contributed by atoms with Gasteiger partial charge >= 0.3 is 0 Å². The molecule has 0 amide bonds. The Bertz CT molecular complexity index is 437. The van der Waals surface area contributed by atoms with E-state index >= 15 is 0 Å². The Morgan fingerprint density at radius 3 is 3.10 bits per heavy atom. The average molecular weight is 280 g/mol. The molecule has 1 saturated carbocycles. The molecule has 2 aliphatic rings. The molecule has 6 heteroatoms. The molecule has 2 fully saturated rings. The van der Waals surface area contributed by atoms with Gasteiger partial charge in [-0.3, -0.25) is 4.90 Å². The van der Waals surface area contributed by atoms with Crippen LogP contribution in [-0.4, -0.2) is 47.8 Å². The molecule has 20 heavy (non-hydrogen) atoms. The van der Waals surface area contributed by atoms with E-state index in [9.17, 15) is 0 Å². The Kier molecular flexibility index (Phi) is 4.33. The largest absolute Gasteiger partial charge is 0.367 e. The number of ether oxygens (including phenoxy) is 1. The van der Waals surface area contributed by atoms with Gasteiger partial charge in [0.15, 0.2) is 0 Å². The maximum absolute atomic E-state index is 5.83. The molecule has 1 aliphatic heterocycles. The molecule has 1 aromatic heterocycles. The third kappa shape index (κ3) is 2.73. The molecule has 6 nitrogen and oxygen atoms in total. The Morgan fingerprint density at radius 1 is 1.40 bits per heavy atom. The van der Waals surface area contributed by atoms with Crippen LogP contribution >= 0.6 is 0 Å². The number of hydrogen-bond acceptors (Lipinski definition) is 6. The van der Waals surface area contributed by atoms with Gasteiger partial charge in [-0.2, -0.15) is 4.98 Å². The van der Waals surface area contributed by atoms with Crippen molar-refractivity contribution >= 4 is 0 Å². The van der Waals surface area contributed by atoms with E-state index in [4.69, 9.17) is 15.0 Å².